The van der Waals surface area contributed by atoms with E-state index in [1.54, 1.807) is 30.0 Å². The van der Waals surface area contributed by atoms with Crippen LogP contribution in [0.15, 0.2) is 23.1 Å². The lowest BCUT2D eigenvalue weighted by Gasteiger charge is -2.28. The molecule has 6 nitrogen and oxygen atoms in total. The van der Waals surface area contributed by atoms with Crippen LogP contribution < -0.4 is 9.46 Å². The van der Waals surface area contributed by atoms with Gasteiger partial charge in [-0.25, -0.2) is 13.1 Å². The molecule has 0 saturated carbocycles. The summed E-state index contributed by atoms with van der Waals surface area (Å²) in [5.74, 6) is 2.43. The molecule has 1 unspecified atom stereocenters. The third-order valence-corrected chi connectivity index (χ3v) is 6.74. The van der Waals surface area contributed by atoms with Crippen LogP contribution in [0.1, 0.15) is 12.0 Å². The van der Waals surface area contributed by atoms with Crippen LogP contribution >= 0.6 is 11.8 Å². The minimum atomic E-state index is -3.59. The summed E-state index contributed by atoms with van der Waals surface area (Å²) in [6.07, 6.45) is 1.51. The first-order valence-electron chi connectivity index (χ1n) is 7.63. The summed E-state index contributed by atoms with van der Waals surface area (Å²) < 4.78 is 38.9. The molecule has 0 spiro atoms. The zero-order valence-corrected chi connectivity index (χ0v) is 14.4. The van der Waals surface area contributed by atoms with Crippen LogP contribution in [0.5, 0.6) is 5.75 Å². The van der Waals surface area contributed by atoms with E-state index in [0.717, 1.165) is 35.7 Å². The van der Waals surface area contributed by atoms with Gasteiger partial charge in [-0.2, -0.15) is 11.8 Å². The molecule has 0 bridgehead atoms. The molecule has 128 valence electrons. The van der Waals surface area contributed by atoms with Gasteiger partial charge in [0.1, 0.15) is 5.75 Å². The molecule has 1 aromatic carbocycles. The van der Waals surface area contributed by atoms with Crippen molar-refractivity contribution in [2.75, 3.05) is 37.9 Å². The number of nitrogens with one attached hydrogen (secondary N) is 1. The van der Waals surface area contributed by atoms with Crippen LogP contribution in [0.2, 0.25) is 0 Å². The number of thioether (sulfide) groups is 1. The van der Waals surface area contributed by atoms with E-state index in [0.29, 0.717) is 6.61 Å². The highest BCUT2D eigenvalue weighted by atomic mass is 32.2. The molecule has 1 fully saturated rings. The van der Waals surface area contributed by atoms with E-state index in [2.05, 4.69) is 4.72 Å². The van der Waals surface area contributed by atoms with Crippen LogP contribution in [0, 0.1) is 0 Å². The fraction of sp³-hybridized carbons (Fsp3) is 0.600. The Bertz CT molecular complexity index is 656. The standard InChI is InChI=1S/C15H21NO5S2/c17-5-7-21-15(4-8-22-11-15)10-16-23(18,19)13-1-2-14-12(9-13)3-6-20-14/h1-2,9,16-17H,3-8,10-11H2. The minimum Gasteiger partial charge on any atom is -0.493 e. The van der Waals surface area contributed by atoms with Crippen molar-refractivity contribution in [3.63, 3.8) is 0 Å². The summed E-state index contributed by atoms with van der Waals surface area (Å²) in [6.45, 7) is 0.972. The molecule has 0 aliphatic carbocycles. The molecule has 1 saturated heterocycles. The molecule has 2 N–H and O–H groups in total. The maximum atomic E-state index is 12.5. The van der Waals surface area contributed by atoms with E-state index < -0.39 is 15.6 Å². The number of benzene rings is 1. The van der Waals surface area contributed by atoms with Gasteiger partial charge in [0.25, 0.3) is 0 Å². The lowest BCUT2D eigenvalue weighted by molar-refractivity contribution is -0.0358. The number of rotatable bonds is 7. The van der Waals surface area contributed by atoms with E-state index in [4.69, 9.17) is 14.6 Å². The van der Waals surface area contributed by atoms with E-state index in [1.165, 1.54) is 0 Å². The van der Waals surface area contributed by atoms with Crippen LogP contribution in [-0.4, -0.2) is 57.0 Å². The normalized spacial score (nSPS) is 23.7. The molecular formula is C15H21NO5S2. The quantitative estimate of drug-likeness (QED) is 0.749. The monoisotopic (exact) mass is 359 g/mol. The Morgan fingerprint density at radius 3 is 3.04 bits per heavy atom. The third-order valence-electron chi connectivity index (χ3n) is 4.12. The third kappa shape index (κ3) is 3.83. The van der Waals surface area contributed by atoms with Gasteiger partial charge in [0, 0.05) is 18.7 Å². The first kappa shape index (κ1) is 17.0. The zero-order chi connectivity index (χ0) is 16.3. The van der Waals surface area contributed by atoms with Gasteiger partial charge >= 0.3 is 0 Å². The van der Waals surface area contributed by atoms with E-state index in [9.17, 15) is 8.42 Å². The number of fused-ring (bicyclic) bond motifs is 1. The minimum absolute atomic E-state index is 0.0655. The number of hydrogen-bond acceptors (Lipinski definition) is 6. The summed E-state index contributed by atoms with van der Waals surface area (Å²) in [5, 5.41) is 8.95. The molecule has 0 aromatic heterocycles. The van der Waals surface area contributed by atoms with Crippen molar-refractivity contribution >= 4 is 21.8 Å². The number of sulfonamides is 1. The zero-order valence-electron chi connectivity index (χ0n) is 12.8. The van der Waals surface area contributed by atoms with Crippen LogP contribution in [0.3, 0.4) is 0 Å². The van der Waals surface area contributed by atoms with Gasteiger partial charge in [0.05, 0.1) is 30.3 Å². The first-order chi connectivity index (χ1) is 11.0. The van der Waals surface area contributed by atoms with Crippen molar-refractivity contribution in [1.82, 2.24) is 4.72 Å². The molecule has 2 heterocycles. The SMILES string of the molecule is O=S(=O)(NCC1(OCCO)CCSC1)c1ccc2c(c1)CCO2. The molecule has 3 rings (SSSR count). The second-order valence-corrected chi connectivity index (χ2v) is 8.62. The molecule has 1 aromatic rings. The van der Waals surface area contributed by atoms with Crippen LogP contribution in [0.4, 0.5) is 0 Å². The maximum absolute atomic E-state index is 12.5. The largest absolute Gasteiger partial charge is 0.493 e. The van der Waals surface area contributed by atoms with Crippen molar-refractivity contribution in [2.24, 2.45) is 0 Å². The number of ether oxygens (including phenoxy) is 2. The second-order valence-electron chi connectivity index (χ2n) is 5.75. The fourth-order valence-electron chi connectivity index (χ4n) is 2.79. The molecule has 0 amide bonds. The summed E-state index contributed by atoms with van der Waals surface area (Å²) in [7, 11) is -3.59. The lowest BCUT2D eigenvalue weighted by atomic mass is 10.0. The van der Waals surface area contributed by atoms with Crippen molar-refractivity contribution in [3.05, 3.63) is 23.8 Å². The van der Waals surface area contributed by atoms with Crippen molar-refractivity contribution in [1.29, 1.82) is 0 Å². The maximum Gasteiger partial charge on any atom is 0.240 e. The molecule has 1 atom stereocenters. The van der Waals surface area contributed by atoms with Gasteiger partial charge in [-0.3, -0.25) is 0 Å². The van der Waals surface area contributed by atoms with E-state index in [1.807, 2.05) is 0 Å². The number of hydrogen-bond donors (Lipinski definition) is 2. The smallest absolute Gasteiger partial charge is 0.240 e. The lowest BCUT2D eigenvalue weighted by Crippen LogP contribution is -2.45. The number of aliphatic hydroxyl groups is 1. The Morgan fingerprint density at radius 2 is 2.30 bits per heavy atom. The second kappa shape index (κ2) is 6.98. The van der Waals surface area contributed by atoms with Crippen molar-refractivity contribution in [3.8, 4) is 5.75 Å². The van der Waals surface area contributed by atoms with E-state index >= 15 is 0 Å². The Morgan fingerprint density at radius 1 is 1.43 bits per heavy atom. The summed E-state index contributed by atoms with van der Waals surface area (Å²) in [5.41, 5.74) is 0.399. The Labute approximate surface area is 140 Å². The van der Waals surface area contributed by atoms with E-state index in [-0.39, 0.29) is 24.7 Å². The predicted molar refractivity (Wildman–Crippen MR) is 88.5 cm³/mol. The first-order valence-corrected chi connectivity index (χ1v) is 10.3. The number of aliphatic hydroxyl groups excluding tert-OH is 1. The Balaban J connectivity index is 1.70. The van der Waals surface area contributed by atoms with Gasteiger partial charge < -0.3 is 14.6 Å². The molecule has 0 radical (unpaired) electrons. The average molecular weight is 359 g/mol. The summed E-state index contributed by atoms with van der Waals surface area (Å²) >= 11 is 1.74. The fourth-order valence-corrected chi connectivity index (χ4v) is 5.32. The predicted octanol–water partition coefficient (Wildman–Crippen LogP) is 0.784. The van der Waals surface area contributed by atoms with Crippen LogP contribution in [-0.2, 0) is 21.2 Å². The highest BCUT2D eigenvalue weighted by Crippen LogP contribution is 2.32. The average Bonchev–Trinajstić information content (AvgIpc) is 3.20. The summed E-state index contributed by atoms with van der Waals surface area (Å²) in [4.78, 5) is 0.254. The van der Waals surface area contributed by atoms with Crippen molar-refractivity contribution in [2.45, 2.75) is 23.3 Å². The van der Waals surface area contributed by atoms with Gasteiger partial charge in [-0.05, 0) is 35.9 Å². The van der Waals surface area contributed by atoms with Gasteiger partial charge in [0.2, 0.25) is 10.0 Å². The molecular weight excluding hydrogens is 338 g/mol. The van der Waals surface area contributed by atoms with Crippen molar-refractivity contribution < 1.29 is 23.0 Å². The molecule has 23 heavy (non-hydrogen) atoms. The highest BCUT2D eigenvalue weighted by molar-refractivity contribution is 7.99. The molecule has 8 heteroatoms. The molecule has 2 aliphatic rings. The Kier molecular flexibility index (Phi) is 5.17. The summed E-state index contributed by atoms with van der Waals surface area (Å²) in [6, 6.07) is 4.95. The van der Waals surface area contributed by atoms with Gasteiger partial charge in [-0.1, -0.05) is 0 Å². The highest BCUT2D eigenvalue weighted by Gasteiger charge is 2.36. The topological polar surface area (TPSA) is 84.9 Å². The van der Waals surface area contributed by atoms with Gasteiger partial charge in [0.15, 0.2) is 0 Å². The molecule has 2 aliphatic heterocycles. The Hall–Kier alpha value is -0.800. The van der Waals surface area contributed by atoms with Gasteiger partial charge in [-0.15, -0.1) is 0 Å². The van der Waals surface area contributed by atoms with Crippen LogP contribution in [0.25, 0.3) is 0 Å².